The lowest BCUT2D eigenvalue weighted by atomic mass is 10.1. The fourth-order valence-electron chi connectivity index (χ4n) is 2.59. The summed E-state index contributed by atoms with van der Waals surface area (Å²) in [6, 6.07) is 9.69. The van der Waals surface area contributed by atoms with Gasteiger partial charge >= 0.3 is 0 Å². The van der Waals surface area contributed by atoms with Crippen molar-refractivity contribution in [3.63, 3.8) is 0 Å². The Labute approximate surface area is 142 Å². The van der Waals surface area contributed by atoms with Gasteiger partial charge in [0.25, 0.3) is 5.91 Å². The van der Waals surface area contributed by atoms with Crippen molar-refractivity contribution in [2.45, 2.75) is 0 Å². The van der Waals surface area contributed by atoms with Crippen LogP contribution in [0.2, 0.25) is 0 Å². The Bertz CT molecular complexity index is 926. The molecule has 3 N–H and O–H groups in total. The molecular weight excluding hydrogens is 330 g/mol. The summed E-state index contributed by atoms with van der Waals surface area (Å²) < 4.78 is 34.6. The zero-order valence-electron chi connectivity index (χ0n) is 13.4. The summed E-state index contributed by atoms with van der Waals surface area (Å²) in [4.78, 5) is 15.9. The summed E-state index contributed by atoms with van der Waals surface area (Å²) in [5.74, 6) is -2.93. The number of para-hydroxylation sites is 1. The molecule has 1 aromatic heterocycles. The van der Waals surface area contributed by atoms with Gasteiger partial charge in [-0.25, -0.2) is 13.8 Å². The fraction of sp³-hybridized carbons (Fsp3) is 0.176. The fourth-order valence-corrected chi connectivity index (χ4v) is 2.59. The molecule has 0 spiro atoms. The van der Waals surface area contributed by atoms with Gasteiger partial charge in [-0.05, 0) is 18.2 Å². The number of amides is 1. The minimum atomic E-state index is -1.18. The summed E-state index contributed by atoms with van der Waals surface area (Å²) in [6.07, 6.45) is 0. The molecule has 3 rings (SSSR count). The SMILES string of the molecule is COCCNc1nc2c(F)c(F)cc(C(N)=O)c2n1-c1ccccc1. The molecule has 0 aliphatic rings. The second-order valence-corrected chi connectivity index (χ2v) is 5.31. The van der Waals surface area contributed by atoms with E-state index in [1.165, 1.54) is 4.57 Å². The van der Waals surface area contributed by atoms with Crippen LogP contribution in [0.3, 0.4) is 0 Å². The number of hydrogen-bond donors (Lipinski definition) is 2. The summed E-state index contributed by atoms with van der Waals surface area (Å²) in [5.41, 5.74) is 5.69. The topological polar surface area (TPSA) is 82.2 Å². The first-order valence-electron chi connectivity index (χ1n) is 7.53. The Morgan fingerprint density at radius 3 is 2.68 bits per heavy atom. The molecule has 0 aliphatic carbocycles. The van der Waals surface area contributed by atoms with E-state index >= 15 is 0 Å². The molecule has 1 heterocycles. The highest BCUT2D eigenvalue weighted by molar-refractivity contribution is 6.05. The van der Waals surface area contributed by atoms with Gasteiger partial charge in [0.2, 0.25) is 5.95 Å². The molecule has 2 aromatic carbocycles. The van der Waals surface area contributed by atoms with Crippen LogP contribution in [0.5, 0.6) is 0 Å². The molecule has 130 valence electrons. The van der Waals surface area contributed by atoms with E-state index in [1.54, 1.807) is 31.4 Å². The summed E-state index contributed by atoms with van der Waals surface area (Å²) >= 11 is 0. The minimum Gasteiger partial charge on any atom is -0.383 e. The molecule has 3 aromatic rings. The zero-order chi connectivity index (χ0) is 18.0. The normalized spacial score (nSPS) is 11.0. The number of aromatic nitrogens is 2. The van der Waals surface area contributed by atoms with Crippen LogP contribution in [0.15, 0.2) is 36.4 Å². The quantitative estimate of drug-likeness (QED) is 0.672. The van der Waals surface area contributed by atoms with Crippen LogP contribution in [0.4, 0.5) is 14.7 Å². The number of carbonyl (C=O) groups excluding carboxylic acids is 1. The molecular formula is C17H16F2N4O2. The standard InChI is InChI=1S/C17H16F2N4O2/c1-25-8-7-21-17-22-14-13(19)12(18)9-11(16(20)24)15(14)23(17)10-5-3-2-4-6-10/h2-6,9H,7-8H2,1H3,(H2,20,24)(H,21,22). The third-order valence-electron chi connectivity index (χ3n) is 3.69. The maximum Gasteiger partial charge on any atom is 0.251 e. The van der Waals surface area contributed by atoms with E-state index in [0.29, 0.717) is 18.8 Å². The number of rotatable bonds is 6. The first kappa shape index (κ1) is 16.8. The van der Waals surface area contributed by atoms with Crippen molar-refractivity contribution in [1.82, 2.24) is 9.55 Å². The summed E-state index contributed by atoms with van der Waals surface area (Å²) in [7, 11) is 1.54. The number of methoxy groups -OCH3 is 1. The lowest BCUT2D eigenvalue weighted by Gasteiger charge is -2.12. The molecule has 6 nitrogen and oxygen atoms in total. The van der Waals surface area contributed by atoms with E-state index in [4.69, 9.17) is 10.5 Å². The van der Waals surface area contributed by atoms with Gasteiger partial charge in [-0.3, -0.25) is 9.36 Å². The molecule has 25 heavy (non-hydrogen) atoms. The largest absolute Gasteiger partial charge is 0.383 e. The van der Waals surface area contributed by atoms with Gasteiger partial charge in [0.1, 0.15) is 5.52 Å². The van der Waals surface area contributed by atoms with Crippen molar-refractivity contribution in [2.75, 3.05) is 25.6 Å². The molecule has 8 heteroatoms. The number of benzene rings is 2. The van der Waals surface area contributed by atoms with Crippen LogP contribution in [0.1, 0.15) is 10.4 Å². The number of nitrogens with two attached hydrogens (primary N) is 1. The number of imidazole rings is 1. The highest BCUT2D eigenvalue weighted by atomic mass is 19.2. The summed E-state index contributed by atoms with van der Waals surface area (Å²) in [6.45, 7) is 0.778. The van der Waals surface area contributed by atoms with Gasteiger partial charge in [0, 0.05) is 19.3 Å². The number of nitrogens with one attached hydrogen (secondary N) is 1. The van der Waals surface area contributed by atoms with Gasteiger partial charge in [-0.1, -0.05) is 18.2 Å². The maximum absolute atomic E-state index is 14.3. The predicted octanol–water partition coefficient (Wildman–Crippen LogP) is 2.46. The van der Waals surface area contributed by atoms with E-state index in [1.807, 2.05) is 6.07 Å². The first-order chi connectivity index (χ1) is 12.0. The Morgan fingerprint density at radius 1 is 1.32 bits per heavy atom. The van der Waals surface area contributed by atoms with Crippen LogP contribution in [-0.4, -0.2) is 35.7 Å². The van der Waals surface area contributed by atoms with Gasteiger partial charge in [-0.15, -0.1) is 0 Å². The van der Waals surface area contributed by atoms with E-state index in [2.05, 4.69) is 10.3 Å². The van der Waals surface area contributed by atoms with Crippen LogP contribution in [0.25, 0.3) is 16.7 Å². The molecule has 0 aliphatic heterocycles. The molecule has 0 radical (unpaired) electrons. The molecule has 0 atom stereocenters. The van der Waals surface area contributed by atoms with Crippen LogP contribution < -0.4 is 11.1 Å². The molecule has 1 amide bonds. The van der Waals surface area contributed by atoms with E-state index < -0.39 is 17.5 Å². The van der Waals surface area contributed by atoms with E-state index in [0.717, 1.165) is 6.07 Å². The van der Waals surface area contributed by atoms with Crippen molar-refractivity contribution in [2.24, 2.45) is 5.73 Å². The second kappa shape index (κ2) is 6.86. The van der Waals surface area contributed by atoms with Gasteiger partial charge in [0.15, 0.2) is 11.6 Å². The van der Waals surface area contributed by atoms with Gasteiger partial charge in [0.05, 0.1) is 17.7 Å². The molecule has 0 bridgehead atoms. The van der Waals surface area contributed by atoms with Crippen molar-refractivity contribution in [1.29, 1.82) is 0 Å². The van der Waals surface area contributed by atoms with E-state index in [9.17, 15) is 13.6 Å². The lowest BCUT2D eigenvalue weighted by molar-refractivity contribution is 0.100. The van der Waals surface area contributed by atoms with Crippen molar-refractivity contribution < 1.29 is 18.3 Å². The number of anilines is 1. The smallest absolute Gasteiger partial charge is 0.251 e. The zero-order valence-corrected chi connectivity index (χ0v) is 13.4. The Balaban J connectivity index is 2.33. The minimum absolute atomic E-state index is 0.109. The van der Waals surface area contributed by atoms with Gasteiger partial charge < -0.3 is 15.8 Å². The highest BCUT2D eigenvalue weighted by Gasteiger charge is 2.23. The van der Waals surface area contributed by atoms with Crippen molar-refractivity contribution >= 4 is 22.9 Å². The lowest BCUT2D eigenvalue weighted by Crippen LogP contribution is -2.15. The Kier molecular flexibility index (Phi) is 4.62. The second-order valence-electron chi connectivity index (χ2n) is 5.31. The average molecular weight is 346 g/mol. The average Bonchev–Trinajstić information content (AvgIpc) is 2.98. The number of hydrogen-bond acceptors (Lipinski definition) is 4. The molecule has 0 unspecified atom stereocenters. The van der Waals surface area contributed by atoms with Crippen LogP contribution >= 0.6 is 0 Å². The molecule has 0 fully saturated rings. The number of ether oxygens (including phenoxy) is 1. The van der Waals surface area contributed by atoms with Crippen molar-refractivity contribution in [3.8, 4) is 5.69 Å². The monoisotopic (exact) mass is 346 g/mol. The third kappa shape index (κ3) is 3.03. The highest BCUT2D eigenvalue weighted by Crippen LogP contribution is 2.30. The number of halogens is 2. The Hall–Kier alpha value is -3.00. The number of nitrogens with zero attached hydrogens (tertiary/aromatic N) is 2. The predicted molar refractivity (Wildman–Crippen MR) is 89.9 cm³/mol. The van der Waals surface area contributed by atoms with Crippen LogP contribution in [-0.2, 0) is 4.74 Å². The molecule has 0 saturated carbocycles. The number of carbonyl (C=O) groups is 1. The van der Waals surface area contributed by atoms with E-state index in [-0.39, 0.29) is 22.5 Å². The number of primary amides is 1. The Morgan fingerprint density at radius 2 is 2.04 bits per heavy atom. The summed E-state index contributed by atoms with van der Waals surface area (Å²) in [5, 5.41) is 3.00. The van der Waals surface area contributed by atoms with Gasteiger partial charge in [-0.2, -0.15) is 0 Å². The molecule has 0 saturated heterocycles. The third-order valence-corrected chi connectivity index (χ3v) is 3.69. The first-order valence-corrected chi connectivity index (χ1v) is 7.53. The number of fused-ring (bicyclic) bond motifs is 1. The van der Waals surface area contributed by atoms with Crippen LogP contribution in [0, 0.1) is 11.6 Å². The van der Waals surface area contributed by atoms with Crippen molar-refractivity contribution in [3.05, 3.63) is 53.6 Å². The maximum atomic E-state index is 14.3.